The maximum Gasteiger partial charge on any atom is 0.137 e. The molecular weight excluding hydrogens is 240 g/mol. The van der Waals surface area contributed by atoms with Gasteiger partial charge >= 0.3 is 0 Å². The number of aromatic nitrogens is 2. The minimum absolute atomic E-state index is 0.307. The number of nitrogens with zero attached hydrogens (tertiary/aromatic N) is 3. The summed E-state index contributed by atoms with van der Waals surface area (Å²) >= 11 is 0. The van der Waals surface area contributed by atoms with Crippen molar-refractivity contribution in [1.82, 2.24) is 14.7 Å². The second-order valence-electron chi connectivity index (χ2n) is 4.58. The third kappa shape index (κ3) is 3.31. The van der Waals surface area contributed by atoms with Crippen LogP contribution in [0.2, 0.25) is 0 Å². The highest BCUT2D eigenvalue weighted by molar-refractivity contribution is 5.44. The van der Waals surface area contributed by atoms with Crippen LogP contribution in [-0.2, 0) is 6.54 Å². The summed E-state index contributed by atoms with van der Waals surface area (Å²) in [5, 5.41) is 21.8. The molecule has 1 atom stereocenters. The summed E-state index contributed by atoms with van der Waals surface area (Å²) in [5.41, 5.74) is 2.42. The van der Waals surface area contributed by atoms with Crippen molar-refractivity contribution in [3.63, 3.8) is 0 Å². The Kier molecular flexibility index (Phi) is 4.50. The van der Waals surface area contributed by atoms with Crippen molar-refractivity contribution in [1.29, 1.82) is 5.26 Å². The number of nitrogens with one attached hydrogen (secondary N) is 1. The number of fused-ring (bicyclic) bond motifs is 1. The highest BCUT2D eigenvalue weighted by atomic mass is 16.3. The van der Waals surface area contributed by atoms with Crippen LogP contribution in [0.4, 0.5) is 0 Å². The zero-order valence-corrected chi connectivity index (χ0v) is 11.0. The van der Waals surface area contributed by atoms with Crippen LogP contribution in [0.3, 0.4) is 0 Å². The summed E-state index contributed by atoms with van der Waals surface area (Å²) in [7, 11) is 0. The molecule has 0 spiro atoms. The first kappa shape index (κ1) is 13.5. The van der Waals surface area contributed by atoms with E-state index in [9.17, 15) is 5.11 Å². The lowest BCUT2D eigenvalue weighted by Crippen LogP contribution is -2.26. The van der Waals surface area contributed by atoms with Gasteiger partial charge in [0, 0.05) is 19.3 Å². The maximum atomic E-state index is 9.65. The molecule has 0 amide bonds. The molecule has 2 N–H and O–H groups in total. The molecule has 2 heterocycles. The van der Waals surface area contributed by atoms with Gasteiger partial charge in [-0.05, 0) is 18.6 Å². The van der Waals surface area contributed by atoms with E-state index in [4.69, 9.17) is 5.26 Å². The average Bonchev–Trinajstić information content (AvgIpc) is 2.81. The molecule has 2 rings (SSSR count). The van der Waals surface area contributed by atoms with E-state index in [-0.39, 0.29) is 6.10 Å². The molecule has 0 radical (unpaired) electrons. The van der Waals surface area contributed by atoms with E-state index in [0.29, 0.717) is 18.7 Å². The van der Waals surface area contributed by atoms with Crippen LogP contribution in [0.15, 0.2) is 24.5 Å². The molecule has 0 aliphatic heterocycles. The average molecular weight is 258 g/mol. The lowest BCUT2D eigenvalue weighted by molar-refractivity contribution is 0.160. The number of hydrogen-bond acceptors (Lipinski definition) is 4. The quantitative estimate of drug-likeness (QED) is 0.822. The molecule has 0 aliphatic rings. The van der Waals surface area contributed by atoms with E-state index < -0.39 is 0 Å². The normalized spacial score (nSPS) is 12.5. The Labute approximate surface area is 112 Å². The van der Waals surface area contributed by atoms with Gasteiger partial charge in [-0.1, -0.05) is 13.3 Å². The van der Waals surface area contributed by atoms with Gasteiger partial charge in [0.15, 0.2) is 0 Å². The van der Waals surface area contributed by atoms with Crippen LogP contribution in [0.1, 0.15) is 31.0 Å². The van der Waals surface area contributed by atoms with Crippen LogP contribution < -0.4 is 5.32 Å². The van der Waals surface area contributed by atoms with E-state index in [1.54, 1.807) is 18.5 Å². The summed E-state index contributed by atoms with van der Waals surface area (Å²) in [6.07, 6.45) is 5.04. The lowest BCUT2D eigenvalue weighted by Gasteiger charge is -2.10. The second kappa shape index (κ2) is 6.32. The third-order valence-corrected chi connectivity index (χ3v) is 3.02. The number of hydrogen-bond donors (Lipinski definition) is 2. The highest BCUT2D eigenvalue weighted by Gasteiger charge is 2.06. The van der Waals surface area contributed by atoms with Gasteiger partial charge in [0.2, 0.25) is 0 Å². The zero-order valence-electron chi connectivity index (χ0n) is 11.0. The predicted molar refractivity (Wildman–Crippen MR) is 72.5 cm³/mol. The molecule has 0 saturated carbocycles. The molecular formula is C14H18N4O. The van der Waals surface area contributed by atoms with E-state index in [0.717, 1.165) is 24.2 Å². The van der Waals surface area contributed by atoms with E-state index in [1.807, 2.05) is 10.5 Å². The Balaban J connectivity index is 2.03. The molecule has 5 nitrogen and oxygen atoms in total. The maximum absolute atomic E-state index is 9.65. The summed E-state index contributed by atoms with van der Waals surface area (Å²) in [6, 6.07) is 5.70. The van der Waals surface area contributed by atoms with Gasteiger partial charge in [-0.2, -0.15) is 5.26 Å². The summed E-state index contributed by atoms with van der Waals surface area (Å²) in [5.74, 6) is 0. The molecule has 0 bridgehead atoms. The number of nitriles is 1. The smallest absolute Gasteiger partial charge is 0.137 e. The fourth-order valence-electron chi connectivity index (χ4n) is 2.03. The largest absolute Gasteiger partial charge is 0.392 e. The molecule has 0 aliphatic carbocycles. The van der Waals surface area contributed by atoms with Crippen LogP contribution in [0.25, 0.3) is 5.65 Å². The van der Waals surface area contributed by atoms with Gasteiger partial charge in [0.1, 0.15) is 11.7 Å². The predicted octanol–water partition coefficient (Wildman–Crippen LogP) is 1.46. The Morgan fingerprint density at radius 2 is 2.37 bits per heavy atom. The van der Waals surface area contributed by atoms with Gasteiger partial charge in [0.25, 0.3) is 0 Å². The van der Waals surface area contributed by atoms with Crippen LogP contribution in [0.5, 0.6) is 0 Å². The SMILES string of the molecule is CCCC(O)CNCc1cnc2ccc(C#N)cn12. The van der Waals surface area contributed by atoms with E-state index >= 15 is 0 Å². The number of aliphatic hydroxyl groups is 1. The molecule has 0 fully saturated rings. The standard InChI is InChI=1S/C14H18N4O/c1-2-3-13(19)9-16-7-12-8-17-14-5-4-11(6-15)10-18(12)14/h4-5,8,10,13,16,19H,2-3,7,9H2,1H3. The van der Waals surface area contributed by atoms with Gasteiger partial charge in [-0.3, -0.25) is 0 Å². The fraction of sp³-hybridized carbons (Fsp3) is 0.429. The number of pyridine rings is 1. The van der Waals surface area contributed by atoms with Crippen molar-refractivity contribution < 1.29 is 5.11 Å². The lowest BCUT2D eigenvalue weighted by atomic mass is 10.2. The van der Waals surface area contributed by atoms with E-state index in [2.05, 4.69) is 23.3 Å². The summed E-state index contributed by atoms with van der Waals surface area (Å²) < 4.78 is 1.90. The first-order valence-corrected chi connectivity index (χ1v) is 6.49. The Hall–Kier alpha value is -1.90. The Bertz CT molecular complexity index is 585. The van der Waals surface area contributed by atoms with Crippen molar-refractivity contribution >= 4 is 5.65 Å². The molecule has 0 aromatic carbocycles. The molecule has 100 valence electrons. The highest BCUT2D eigenvalue weighted by Crippen LogP contribution is 2.08. The molecule has 2 aromatic rings. The van der Waals surface area contributed by atoms with Crippen LogP contribution in [0, 0.1) is 11.3 Å². The van der Waals surface area contributed by atoms with Gasteiger partial charge < -0.3 is 14.8 Å². The van der Waals surface area contributed by atoms with Gasteiger partial charge in [-0.25, -0.2) is 4.98 Å². The summed E-state index contributed by atoms with van der Waals surface area (Å²) in [4.78, 5) is 4.28. The molecule has 5 heteroatoms. The van der Waals surface area contributed by atoms with Crippen molar-refractivity contribution in [3.8, 4) is 6.07 Å². The minimum Gasteiger partial charge on any atom is -0.392 e. The number of aliphatic hydroxyl groups excluding tert-OH is 1. The van der Waals surface area contributed by atoms with E-state index in [1.165, 1.54) is 0 Å². The Morgan fingerprint density at radius 3 is 3.11 bits per heavy atom. The molecule has 0 saturated heterocycles. The first-order chi connectivity index (χ1) is 9.24. The Morgan fingerprint density at radius 1 is 1.53 bits per heavy atom. The van der Waals surface area contributed by atoms with Crippen molar-refractivity contribution in [2.75, 3.05) is 6.54 Å². The van der Waals surface area contributed by atoms with Crippen molar-refractivity contribution in [3.05, 3.63) is 35.8 Å². The second-order valence-corrected chi connectivity index (χ2v) is 4.58. The monoisotopic (exact) mass is 258 g/mol. The van der Waals surface area contributed by atoms with Gasteiger partial charge in [0.05, 0.1) is 23.6 Å². The number of rotatable bonds is 6. The topological polar surface area (TPSA) is 73.3 Å². The molecule has 1 unspecified atom stereocenters. The summed E-state index contributed by atoms with van der Waals surface area (Å²) in [6.45, 7) is 3.24. The molecule has 19 heavy (non-hydrogen) atoms. The first-order valence-electron chi connectivity index (χ1n) is 6.49. The van der Waals surface area contributed by atoms with Crippen LogP contribution >= 0.6 is 0 Å². The van der Waals surface area contributed by atoms with Crippen LogP contribution in [-0.4, -0.2) is 27.1 Å². The van der Waals surface area contributed by atoms with Gasteiger partial charge in [-0.15, -0.1) is 0 Å². The minimum atomic E-state index is -0.307. The van der Waals surface area contributed by atoms with Crippen molar-refractivity contribution in [2.24, 2.45) is 0 Å². The fourth-order valence-corrected chi connectivity index (χ4v) is 2.03. The molecule has 2 aromatic heterocycles. The van der Waals surface area contributed by atoms with Crippen molar-refractivity contribution in [2.45, 2.75) is 32.4 Å². The third-order valence-electron chi connectivity index (χ3n) is 3.02. The number of imidazole rings is 1. The zero-order chi connectivity index (χ0) is 13.7.